The van der Waals surface area contributed by atoms with Crippen LogP contribution in [0.3, 0.4) is 0 Å². The van der Waals surface area contributed by atoms with Gasteiger partial charge < -0.3 is 9.73 Å². The molecule has 0 aliphatic carbocycles. The Morgan fingerprint density at radius 1 is 1.04 bits per heavy atom. The molecule has 0 saturated heterocycles. The molecule has 5 nitrogen and oxygen atoms in total. The van der Waals surface area contributed by atoms with Crippen molar-refractivity contribution in [1.29, 1.82) is 0 Å². The minimum absolute atomic E-state index is 0.00129. The van der Waals surface area contributed by atoms with Gasteiger partial charge in [-0.3, -0.25) is 9.59 Å². The summed E-state index contributed by atoms with van der Waals surface area (Å²) in [6, 6.07) is 16.5. The van der Waals surface area contributed by atoms with E-state index in [9.17, 15) is 9.59 Å². The molecule has 1 N–H and O–H groups in total. The molecule has 3 aromatic rings. The molecule has 1 amide bonds. The Morgan fingerprint density at radius 3 is 2.38 bits per heavy atom. The Labute approximate surface area is 152 Å². The summed E-state index contributed by atoms with van der Waals surface area (Å²) in [5, 5.41) is 2.83. The van der Waals surface area contributed by atoms with Gasteiger partial charge >= 0.3 is 0 Å². The summed E-state index contributed by atoms with van der Waals surface area (Å²) in [5.41, 5.74) is 2.99. The van der Waals surface area contributed by atoms with Gasteiger partial charge in [0, 0.05) is 29.7 Å². The highest BCUT2D eigenvalue weighted by molar-refractivity contribution is 5.95. The summed E-state index contributed by atoms with van der Waals surface area (Å²) >= 11 is 0. The number of carbonyl (C=O) groups excluding carboxylic acids is 2. The van der Waals surface area contributed by atoms with Crippen molar-refractivity contribution >= 4 is 17.4 Å². The number of nitrogens with one attached hydrogen (secondary N) is 1. The lowest BCUT2D eigenvalue weighted by atomic mass is 10.1. The van der Waals surface area contributed by atoms with Crippen LogP contribution < -0.4 is 5.32 Å². The number of nitrogens with zero attached hydrogens (tertiary/aromatic N) is 1. The highest BCUT2D eigenvalue weighted by Gasteiger charge is 2.13. The molecule has 3 rings (SSSR count). The first-order valence-electron chi connectivity index (χ1n) is 8.45. The third kappa shape index (κ3) is 4.25. The monoisotopic (exact) mass is 348 g/mol. The third-order valence-electron chi connectivity index (χ3n) is 4.08. The van der Waals surface area contributed by atoms with E-state index in [0.717, 1.165) is 17.0 Å². The van der Waals surface area contributed by atoms with E-state index >= 15 is 0 Å². The van der Waals surface area contributed by atoms with E-state index in [1.807, 2.05) is 37.3 Å². The molecule has 0 aliphatic heterocycles. The highest BCUT2D eigenvalue weighted by Crippen LogP contribution is 2.22. The Kier molecular flexibility index (Phi) is 5.27. The van der Waals surface area contributed by atoms with E-state index in [-0.39, 0.29) is 11.7 Å². The minimum Gasteiger partial charge on any atom is -0.441 e. The second kappa shape index (κ2) is 7.78. The number of aromatic nitrogens is 1. The first-order chi connectivity index (χ1) is 12.5. The van der Waals surface area contributed by atoms with Crippen molar-refractivity contribution < 1.29 is 14.0 Å². The normalized spacial score (nSPS) is 10.5. The fourth-order valence-corrected chi connectivity index (χ4v) is 2.61. The van der Waals surface area contributed by atoms with Crippen molar-refractivity contribution in [1.82, 2.24) is 4.98 Å². The number of hydrogen-bond donors (Lipinski definition) is 1. The number of oxazole rings is 1. The molecule has 0 fully saturated rings. The van der Waals surface area contributed by atoms with Crippen LogP contribution in [0.5, 0.6) is 0 Å². The number of aryl methyl sites for hydroxylation is 2. The van der Waals surface area contributed by atoms with Gasteiger partial charge in [0.2, 0.25) is 11.8 Å². The maximum atomic E-state index is 12.2. The van der Waals surface area contributed by atoms with Crippen LogP contribution in [0, 0.1) is 6.92 Å². The van der Waals surface area contributed by atoms with Gasteiger partial charge in [0.05, 0.1) is 5.69 Å². The van der Waals surface area contributed by atoms with Crippen molar-refractivity contribution in [3.05, 3.63) is 71.6 Å². The van der Waals surface area contributed by atoms with Gasteiger partial charge in [-0.05, 0) is 50.2 Å². The molecule has 2 aromatic carbocycles. The largest absolute Gasteiger partial charge is 0.441 e. The van der Waals surface area contributed by atoms with Crippen molar-refractivity contribution in [2.24, 2.45) is 0 Å². The summed E-state index contributed by atoms with van der Waals surface area (Å²) in [5.74, 6) is 1.18. The Morgan fingerprint density at radius 2 is 1.73 bits per heavy atom. The van der Waals surface area contributed by atoms with Crippen molar-refractivity contribution in [3.63, 3.8) is 0 Å². The van der Waals surface area contributed by atoms with E-state index in [1.165, 1.54) is 6.92 Å². The molecule has 0 bridgehead atoms. The molecule has 0 saturated carbocycles. The molecule has 0 unspecified atom stereocenters. The Hall–Kier alpha value is -3.21. The highest BCUT2D eigenvalue weighted by atomic mass is 16.4. The topological polar surface area (TPSA) is 72.2 Å². The van der Waals surface area contributed by atoms with Crippen LogP contribution in [0.4, 0.5) is 5.69 Å². The summed E-state index contributed by atoms with van der Waals surface area (Å²) in [6.45, 7) is 3.37. The number of Topliss-reactive ketones (excluding diaryl/α,β-unsaturated/α-hetero) is 1. The van der Waals surface area contributed by atoms with Crippen molar-refractivity contribution in [2.75, 3.05) is 5.32 Å². The SMILES string of the molecule is CC(=O)c1ccc(NC(=O)CCc2nc(-c3ccccc3)oc2C)cc1. The Bertz CT molecular complexity index is 912. The maximum absolute atomic E-state index is 12.2. The van der Waals surface area contributed by atoms with E-state index in [4.69, 9.17) is 4.42 Å². The van der Waals surface area contributed by atoms with Gasteiger partial charge in [-0.1, -0.05) is 18.2 Å². The minimum atomic E-state index is -0.107. The van der Waals surface area contributed by atoms with E-state index < -0.39 is 0 Å². The molecule has 132 valence electrons. The lowest BCUT2D eigenvalue weighted by molar-refractivity contribution is -0.116. The predicted octanol–water partition coefficient (Wildman–Crippen LogP) is 4.42. The van der Waals surface area contributed by atoms with Gasteiger partial charge in [-0.2, -0.15) is 0 Å². The molecule has 5 heteroatoms. The summed E-state index contributed by atoms with van der Waals surface area (Å²) in [4.78, 5) is 27.9. The molecule has 0 atom stereocenters. The average molecular weight is 348 g/mol. The number of hydrogen-bond acceptors (Lipinski definition) is 4. The van der Waals surface area contributed by atoms with Crippen LogP contribution in [0.15, 0.2) is 59.0 Å². The molecule has 26 heavy (non-hydrogen) atoms. The first-order valence-corrected chi connectivity index (χ1v) is 8.45. The van der Waals surface area contributed by atoms with Gasteiger partial charge in [0.15, 0.2) is 5.78 Å². The maximum Gasteiger partial charge on any atom is 0.226 e. The van der Waals surface area contributed by atoms with Crippen LogP contribution in [0.1, 0.15) is 35.2 Å². The number of amides is 1. The number of anilines is 1. The second-order valence-corrected chi connectivity index (χ2v) is 6.07. The van der Waals surface area contributed by atoms with Crippen LogP contribution in [-0.2, 0) is 11.2 Å². The van der Waals surface area contributed by atoms with E-state index in [0.29, 0.717) is 30.0 Å². The smallest absolute Gasteiger partial charge is 0.226 e. The van der Waals surface area contributed by atoms with Crippen LogP contribution in [-0.4, -0.2) is 16.7 Å². The second-order valence-electron chi connectivity index (χ2n) is 6.07. The van der Waals surface area contributed by atoms with Crippen molar-refractivity contribution in [2.45, 2.75) is 26.7 Å². The molecule has 1 aromatic heterocycles. The fourth-order valence-electron chi connectivity index (χ4n) is 2.61. The third-order valence-corrected chi connectivity index (χ3v) is 4.08. The van der Waals surface area contributed by atoms with E-state index in [2.05, 4.69) is 10.3 Å². The summed E-state index contributed by atoms with van der Waals surface area (Å²) in [6.07, 6.45) is 0.801. The fraction of sp³-hybridized carbons (Fsp3) is 0.190. The molecule has 0 radical (unpaired) electrons. The standard InChI is InChI=1S/C21H20N2O3/c1-14(24)16-8-10-18(11-9-16)22-20(25)13-12-19-15(2)26-21(23-19)17-6-4-3-5-7-17/h3-11H,12-13H2,1-2H3,(H,22,25). The van der Waals surface area contributed by atoms with Gasteiger partial charge in [0.1, 0.15) is 5.76 Å². The molecular weight excluding hydrogens is 328 g/mol. The van der Waals surface area contributed by atoms with Crippen LogP contribution in [0.2, 0.25) is 0 Å². The molecule has 1 heterocycles. The van der Waals surface area contributed by atoms with Crippen LogP contribution in [0.25, 0.3) is 11.5 Å². The number of benzene rings is 2. The number of ketones is 1. The van der Waals surface area contributed by atoms with Gasteiger partial charge in [0.25, 0.3) is 0 Å². The number of carbonyl (C=O) groups is 2. The average Bonchev–Trinajstić information content (AvgIpc) is 3.02. The predicted molar refractivity (Wildman–Crippen MR) is 100 cm³/mol. The van der Waals surface area contributed by atoms with Gasteiger partial charge in [-0.15, -0.1) is 0 Å². The van der Waals surface area contributed by atoms with E-state index in [1.54, 1.807) is 24.3 Å². The van der Waals surface area contributed by atoms with Crippen LogP contribution >= 0.6 is 0 Å². The quantitative estimate of drug-likeness (QED) is 0.669. The number of rotatable bonds is 6. The summed E-state index contributed by atoms with van der Waals surface area (Å²) in [7, 11) is 0. The molecule has 0 aliphatic rings. The zero-order chi connectivity index (χ0) is 18.5. The molecular formula is C21H20N2O3. The molecule has 0 spiro atoms. The lowest BCUT2D eigenvalue weighted by Gasteiger charge is -2.05. The zero-order valence-corrected chi connectivity index (χ0v) is 14.8. The first kappa shape index (κ1) is 17.6. The zero-order valence-electron chi connectivity index (χ0n) is 14.8. The Balaban J connectivity index is 1.59. The summed E-state index contributed by atoms with van der Waals surface area (Å²) < 4.78 is 5.71. The lowest BCUT2D eigenvalue weighted by Crippen LogP contribution is -2.12. The van der Waals surface area contributed by atoms with Crippen molar-refractivity contribution in [3.8, 4) is 11.5 Å². The van der Waals surface area contributed by atoms with Gasteiger partial charge in [-0.25, -0.2) is 4.98 Å².